The number of nitrogens with one attached hydrogen (secondary N) is 2. The van der Waals surface area contributed by atoms with Gasteiger partial charge in [-0.25, -0.2) is 0 Å². The first-order chi connectivity index (χ1) is 10.0. The minimum Gasteiger partial charge on any atom is -0.373 e. The molecule has 0 unspecified atom stereocenters. The molecule has 0 aliphatic carbocycles. The van der Waals surface area contributed by atoms with Crippen LogP contribution in [0.3, 0.4) is 0 Å². The molecule has 1 atom stereocenters. The van der Waals surface area contributed by atoms with Crippen molar-refractivity contribution < 1.29 is 4.79 Å². The largest absolute Gasteiger partial charge is 0.373 e. The van der Waals surface area contributed by atoms with Gasteiger partial charge in [-0.15, -0.1) is 0 Å². The lowest BCUT2D eigenvalue weighted by Crippen LogP contribution is -2.32. The van der Waals surface area contributed by atoms with Crippen LogP contribution in [0.2, 0.25) is 5.02 Å². The third-order valence-electron chi connectivity index (χ3n) is 3.59. The topological polar surface area (TPSA) is 41.1 Å². The summed E-state index contributed by atoms with van der Waals surface area (Å²) in [7, 11) is 0. The van der Waals surface area contributed by atoms with Gasteiger partial charge in [-0.3, -0.25) is 4.79 Å². The Morgan fingerprint density at radius 3 is 2.90 bits per heavy atom. The van der Waals surface area contributed by atoms with Crippen molar-refractivity contribution in [3.63, 3.8) is 0 Å². The Balaban J connectivity index is 1.75. The molecule has 1 amide bonds. The van der Waals surface area contributed by atoms with Gasteiger partial charge in [0, 0.05) is 21.6 Å². The van der Waals surface area contributed by atoms with E-state index in [0.717, 1.165) is 15.7 Å². The van der Waals surface area contributed by atoms with Crippen molar-refractivity contribution in [2.45, 2.75) is 19.4 Å². The van der Waals surface area contributed by atoms with Crippen molar-refractivity contribution in [1.29, 1.82) is 0 Å². The van der Waals surface area contributed by atoms with E-state index in [9.17, 15) is 4.79 Å². The molecule has 108 valence electrons. The van der Waals surface area contributed by atoms with Gasteiger partial charge in [0.2, 0.25) is 5.91 Å². The number of fused-ring (bicyclic) bond motifs is 1. The first kappa shape index (κ1) is 14.4. The summed E-state index contributed by atoms with van der Waals surface area (Å²) < 4.78 is 0.827. The van der Waals surface area contributed by atoms with Crippen LogP contribution in [0, 0.1) is 6.92 Å². The minimum atomic E-state index is -0.255. The van der Waals surface area contributed by atoms with Gasteiger partial charge in [-0.1, -0.05) is 29.8 Å². The predicted octanol–water partition coefficient (Wildman–Crippen LogP) is 4.39. The Hall–Kier alpha value is -1.52. The van der Waals surface area contributed by atoms with E-state index in [1.807, 2.05) is 37.3 Å². The number of para-hydroxylation sites is 1. The molecule has 1 heterocycles. The molecule has 2 aromatic carbocycles. The summed E-state index contributed by atoms with van der Waals surface area (Å²) in [5.41, 5.74) is 3.85. The van der Waals surface area contributed by atoms with Crippen LogP contribution in [-0.2, 0) is 11.2 Å². The maximum atomic E-state index is 12.4. The molecular formula is C16H14BrClN2O. The molecule has 0 saturated heterocycles. The number of carbonyl (C=O) groups excluding carboxylic acids is 1. The lowest BCUT2D eigenvalue weighted by molar-refractivity contribution is -0.116. The zero-order valence-corrected chi connectivity index (χ0v) is 13.8. The second-order valence-corrected chi connectivity index (χ2v) is 6.39. The Morgan fingerprint density at radius 2 is 2.14 bits per heavy atom. The van der Waals surface area contributed by atoms with E-state index in [2.05, 4.69) is 26.6 Å². The molecule has 2 aromatic rings. The van der Waals surface area contributed by atoms with Crippen LogP contribution in [0.4, 0.5) is 11.4 Å². The number of aryl methyl sites for hydroxylation is 1. The number of carbonyl (C=O) groups is 1. The zero-order valence-electron chi connectivity index (χ0n) is 11.4. The number of anilines is 2. The highest BCUT2D eigenvalue weighted by Crippen LogP contribution is 2.30. The number of halogens is 2. The van der Waals surface area contributed by atoms with Gasteiger partial charge in [0.15, 0.2) is 0 Å². The van der Waals surface area contributed by atoms with Crippen LogP contribution in [-0.4, -0.2) is 11.9 Å². The maximum absolute atomic E-state index is 12.4. The van der Waals surface area contributed by atoms with Crippen molar-refractivity contribution >= 4 is 44.8 Å². The molecule has 0 radical (unpaired) electrons. The van der Waals surface area contributed by atoms with Gasteiger partial charge < -0.3 is 10.6 Å². The Bertz CT molecular complexity index is 692. The van der Waals surface area contributed by atoms with E-state index >= 15 is 0 Å². The second-order valence-electron chi connectivity index (χ2n) is 5.13. The molecule has 3 nitrogen and oxygen atoms in total. The summed E-state index contributed by atoms with van der Waals surface area (Å²) in [6.45, 7) is 1.92. The average molecular weight is 366 g/mol. The molecule has 2 N–H and O–H groups in total. The third kappa shape index (κ3) is 2.92. The van der Waals surface area contributed by atoms with Crippen LogP contribution in [0.5, 0.6) is 0 Å². The van der Waals surface area contributed by atoms with E-state index < -0.39 is 0 Å². The summed E-state index contributed by atoms with van der Waals surface area (Å²) in [4.78, 5) is 12.4. The average Bonchev–Trinajstić information content (AvgIpc) is 2.88. The van der Waals surface area contributed by atoms with Gasteiger partial charge in [0.05, 0.1) is 5.69 Å². The van der Waals surface area contributed by atoms with Gasteiger partial charge in [-0.2, -0.15) is 0 Å². The predicted molar refractivity (Wildman–Crippen MR) is 90.1 cm³/mol. The van der Waals surface area contributed by atoms with Gasteiger partial charge in [0.25, 0.3) is 0 Å². The van der Waals surface area contributed by atoms with E-state index in [1.54, 1.807) is 6.07 Å². The fourth-order valence-electron chi connectivity index (χ4n) is 2.42. The van der Waals surface area contributed by atoms with Crippen molar-refractivity contribution in [2.75, 3.05) is 10.6 Å². The summed E-state index contributed by atoms with van der Waals surface area (Å²) in [5, 5.41) is 6.80. The lowest BCUT2D eigenvalue weighted by Gasteiger charge is -2.14. The van der Waals surface area contributed by atoms with Gasteiger partial charge in [-0.05, 0) is 52.2 Å². The molecule has 1 aliphatic rings. The third-order valence-corrected chi connectivity index (χ3v) is 4.66. The van der Waals surface area contributed by atoms with Crippen LogP contribution in [0.25, 0.3) is 0 Å². The normalized spacial score (nSPS) is 16.2. The van der Waals surface area contributed by atoms with Crippen molar-refractivity contribution in [3.8, 4) is 0 Å². The maximum Gasteiger partial charge on any atom is 0.247 e. The summed E-state index contributed by atoms with van der Waals surface area (Å²) in [5.74, 6) is -0.0631. The number of benzene rings is 2. The van der Waals surface area contributed by atoms with Gasteiger partial charge in [0.1, 0.15) is 6.04 Å². The molecule has 0 bridgehead atoms. The molecule has 0 spiro atoms. The standard InChI is InChI=1S/C16H14BrClN2O/c1-9-6-11(17)14(8-12(9)18)20-16(21)15-7-10-4-2-3-5-13(10)19-15/h2-6,8,15,19H,7H2,1H3,(H,20,21)/t15-/m0/s1. The first-order valence-corrected chi connectivity index (χ1v) is 7.82. The Kier molecular flexibility index (Phi) is 3.91. The monoisotopic (exact) mass is 364 g/mol. The van der Waals surface area contributed by atoms with Crippen molar-refractivity contribution in [2.24, 2.45) is 0 Å². The SMILES string of the molecule is Cc1cc(Br)c(NC(=O)[C@@H]2Cc3ccccc3N2)cc1Cl. The Morgan fingerprint density at radius 1 is 1.38 bits per heavy atom. The molecule has 3 rings (SSSR count). The molecule has 0 saturated carbocycles. The van der Waals surface area contributed by atoms with Crippen molar-refractivity contribution in [1.82, 2.24) is 0 Å². The van der Waals surface area contributed by atoms with E-state index in [4.69, 9.17) is 11.6 Å². The van der Waals surface area contributed by atoms with Crippen LogP contribution in [0.15, 0.2) is 40.9 Å². The van der Waals surface area contributed by atoms with Crippen LogP contribution >= 0.6 is 27.5 Å². The van der Waals surface area contributed by atoms with Crippen LogP contribution < -0.4 is 10.6 Å². The van der Waals surface area contributed by atoms with Crippen LogP contribution in [0.1, 0.15) is 11.1 Å². The molecule has 0 fully saturated rings. The molecule has 21 heavy (non-hydrogen) atoms. The molecule has 0 aromatic heterocycles. The second kappa shape index (κ2) is 5.70. The molecular weight excluding hydrogens is 352 g/mol. The number of rotatable bonds is 2. The van der Waals surface area contributed by atoms with E-state index in [0.29, 0.717) is 17.1 Å². The number of hydrogen-bond donors (Lipinski definition) is 2. The van der Waals surface area contributed by atoms with E-state index in [-0.39, 0.29) is 11.9 Å². The smallest absolute Gasteiger partial charge is 0.247 e. The summed E-state index contributed by atoms with van der Waals surface area (Å²) >= 11 is 9.57. The highest BCUT2D eigenvalue weighted by molar-refractivity contribution is 9.10. The Labute approximate surface area is 136 Å². The highest BCUT2D eigenvalue weighted by Gasteiger charge is 2.26. The quantitative estimate of drug-likeness (QED) is 0.829. The highest BCUT2D eigenvalue weighted by atomic mass is 79.9. The van der Waals surface area contributed by atoms with E-state index in [1.165, 1.54) is 5.56 Å². The molecule has 5 heteroatoms. The number of hydrogen-bond acceptors (Lipinski definition) is 2. The minimum absolute atomic E-state index is 0.0631. The molecule has 1 aliphatic heterocycles. The summed E-state index contributed by atoms with van der Waals surface area (Å²) in [6.07, 6.45) is 0.694. The summed E-state index contributed by atoms with van der Waals surface area (Å²) in [6, 6.07) is 11.4. The van der Waals surface area contributed by atoms with Crippen molar-refractivity contribution in [3.05, 3.63) is 57.0 Å². The lowest BCUT2D eigenvalue weighted by atomic mass is 10.1. The number of amides is 1. The zero-order chi connectivity index (χ0) is 15.0. The van der Waals surface area contributed by atoms with Gasteiger partial charge >= 0.3 is 0 Å². The fourth-order valence-corrected chi connectivity index (χ4v) is 3.14. The first-order valence-electron chi connectivity index (χ1n) is 6.65. The fraction of sp³-hybridized carbons (Fsp3) is 0.188.